The number of carbonyl (C=O) groups excluding carboxylic acids is 1. The third-order valence-corrected chi connectivity index (χ3v) is 4.54. The van der Waals surface area contributed by atoms with Gasteiger partial charge in [0.15, 0.2) is 0 Å². The summed E-state index contributed by atoms with van der Waals surface area (Å²) >= 11 is 0. The summed E-state index contributed by atoms with van der Waals surface area (Å²) in [5.74, 6) is -2.84. The molecule has 3 rings (SSSR count). The number of pyridine rings is 1. The molecule has 0 fully saturated rings. The Morgan fingerprint density at radius 1 is 0.900 bits per heavy atom. The van der Waals surface area contributed by atoms with Crippen LogP contribution in [0.3, 0.4) is 0 Å². The number of nitrogens with one attached hydrogen (secondary N) is 1. The molecule has 0 aliphatic rings. The summed E-state index contributed by atoms with van der Waals surface area (Å²) in [6, 6.07) is 19.3. The molecule has 7 heteroatoms. The van der Waals surface area contributed by atoms with Crippen LogP contribution in [0.5, 0.6) is 0 Å². The van der Waals surface area contributed by atoms with Gasteiger partial charge in [-0.05, 0) is 35.2 Å². The van der Waals surface area contributed by atoms with Crippen LogP contribution < -0.4 is 5.32 Å². The molecule has 0 saturated heterocycles. The fourth-order valence-electron chi connectivity index (χ4n) is 3.08. The van der Waals surface area contributed by atoms with Crippen molar-refractivity contribution in [2.75, 3.05) is 0 Å². The Hall–Kier alpha value is -4.00. The number of rotatable bonds is 8. The number of nitrogens with zero attached hydrogens (tertiary/aromatic N) is 1. The molecule has 152 valence electrons. The first kappa shape index (κ1) is 20.7. The minimum atomic E-state index is -1.17. The van der Waals surface area contributed by atoms with Crippen molar-refractivity contribution >= 4 is 17.8 Å². The molecule has 3 aromatic rings. The van der Waals surface area contributed by atoms with Crippen LogP contribution in [0.1, 0.15) is 32.8 Å². The van der Waals surface area contributed by atoms with Gasteiger partial charge in [-0.15, -0.1) is 0 Å². The summed E-state index contributed by atoms with van der Waals surface area (Å²) in [6.45, 7) is 0. The summed E-state index contributed by atoms with van der Waals surface area (Å²) < 4.78 is 0. The van der Waals surface area contributed by atoms with Gasteiger partial charge in [-0.3, -0.25) is 14.6 Å². The fraction of sp³-hybridized carbons (Fsp3) is 0.130. The van der Waals surface area contributed by atoms with Gasteiger partial charge in [0, 0.05) is 12.2 Å². The van der Waals surface area contributed by atoms with E-state index in [1.54, 1.807) is 0 Å². The number of amides is 1. The van der Waals surface area contributed by atoms with Gasteiger partial charge in [0.2, 0.25) is 0 Å². The summed E-state index contributed by atoms with van der Waals surface area (Å²) in [5, 5.41) is 20.9. The highest BCUT2D eigenvalue weighted by Gasteiger charge is 2.19. The van der Waals surface area contributed by atoms with E-state index < -0.39 is 23.9 Å². The Morgan fingerprint density at radius 2 is 1.57 bits per heavy atom. The summed E-state index contributed by atoms with van der Waals surface area (Å²) in [6.07, 6.45) is 1.27. The number of hydrogen-bond donors (Lipinski definition) is 3. The Balaban J connectivity index is 1.73. The molecule has 2 aromatic carbocycles. The number of carbonyl (C=O) groups is 3. The number of aromatic nitrogens is 1. The van der Waals surface area contributed by atoms with Crippen LogP contribution in [-0.4, -0.2) is 39.1 Å². The van der Waals surface area contributed by atoms with Gasteiger partial charge in [-0.2, -0.15) is 0 Å². The van der Waals surface area contributed by atoms with Crippen molar-refractivity contribution < 1.29 is 24.6 Å². The zero-order valence-electron chi connectivity index (χ0n) is 16.0. The van der Waals surface area contributed by atoms with E-state index >= 15 is 0 Å². The number of carboxylic acids is 2. The second-order valence-electron chi connectivity index (χ2n) is 6.77. The van der Waals surface area contributed by atoms with Crippen LogP contribution in [0.2, 0.25) is 0 Å². The van der Waals surface area contributed by atoms with Gasteiger partial charge in [-0.1, -0.05) is 54.6 Å². The Morgan fingerprint density at radius 3 is 2.20 bits per heavy atom. The lowest BCUT2D eigenvalue weighted by molar-refractivity contribution is -0.137. The van der Waals surface area contributed by atoms with Crippen LogP contribution in [0.25, 0.3) is 11.1 Å². The molecule has 0 spiro atoms. The highest BCUT2D eigenvalue weighted by atomic mass is 16.4. The minimum Gasteiger partial charge on any atom is -0.481 e. The predicted molar refractivity (Wildman–Crippen MR) is 110 cm³/mol. The highest BCUT2D eigenvalue weighted by Crippen LogP contribution is 2.20. The Kier molecular flexibility index (Phi) is 6.54. The number of aromatic carboxylic acids is 1. The third-order valence-electron chi connectivity index (χ3n) is 4.54. The molecule has 3 N–H and O–H groups in total. The largest absolute Gasteiger partial charge is 0.481 e. The first-order chi connectivity index (χ1) is 14.4. The van der Waals surface area contributed by atoms with Gasteiger partial charge in [-0.25, -0.2) is 4.79 Å². The average Bonchev–Trinajstić information content (AvgIpc) is 2.74. The average molecular weight is 404 g/mol. The molecule has 1 amide bonds. The number of carboxylic acid groups (broad SMARTS) is 2. The van der Waals surface area contributed by atoms with E-state index in [2.05, 4.69) is 10.3 Å². The van der Waals surface area contributed by atoms with Crippen molar-refractivity contribution in [3.8, 4) is 11.1 Å². The van der Waals surface area contributed by atoms with Crippen LogP contribution in [0.15, 0.2) is 72.9 Å². The van der Waals surface area contributed by atoms with E-state index in [9.17, 15) is 19.5 Å². The molecular weight excluding hydrogens is 384 g/mol. The minimum absolute atomic E-state index is 0.0681. The van der Waals surface area contributed by atoms with Gasteiger partial charge in [0.1, 0.15) is 5.69 Å². The molecule has 0 radical (unpaired) electrons. The number of benzene rings is 2. The zero-order chi connectivity index (χ0) is 21.5. The third kappa shape index (κ3) is 5.51. The van der Waals surface area contributed by atoms with Gasteiger partial charge < -0.3 is 15.5 Å². The number of hydrogen-bond acceptors (Lipinski definition) is 4. The van der Waals surface area contributed by atoms with Crippen molar-refractivity contribution in [2.45, 2.75) is 18.9 Å². The standard InChI is InChI=1S/C23H20N2O5/c26-21(27)14-19(25-22(28)20-13-18(23(29)30)10-11-24-20)12-15-6-8-17(9-7-15)16-4-2-1-3-5-16/h1-11,13,19H,12,14H2,(H,25,28)(H,26,27)(H,29,30). The van der Waals surface area contributed by atoms with E-state index in [0.717, 1.165) is 22.8 Å². The lowest BCUT2D eigenvalue weighted by atomic mass is 9.99. The molecule has 0 saturated carbocycles. The second kappa shape index (κ2) is 9.47. The SMILES string of the molecule is O=C(O)CC(Cc1ccc(-c2ccccc2)cc1)NC(=O)c1cc(C(=O)O)ccn1. The smallest absolute Gasteiger partial charge is 0.335 e. The summed E-state index contributed by atoms with van der Waals surface area (Å²) in [4.78, 5) is 38.7. The van der Waals surface area contributed by atoms with Crippen LogP contribution in [0, 0.1) is 0 Å². The topological polar surface area (TPSA) is 117 Å². The monoisotopic (exact) mass is 404 g/mol. The molecule has 1 unspecified atom stereocenters. The van der Waals surface area contributed by atoms with E-state index in [1.807, 2.05) is 54.6 Å². The summed E-state index contributed by atoms with van der Waals surface area (Å²) in [5.41, 5.74) is 2.83. The summed E-state index contributed by atoms with van der Waals surface area (Å²) in [7, 11) is 0. The van der Waals surface area contributed by atoms with Gasteiger partial charge in [0.25, 0.3) is 5.91 Å². The van der Waals surface area contributed by atoms with Crippen molar-refractivity contribution in [1.29, 1.82) is 0 Å². The lowest BCUT2D eigenvalue weighted by Gasteiger charge is -2.17. The first-order valence-corrected chi connectivity index (χ1v) is 9.29. The van der Waals surface area contributed by atoms with Crippen molar-refractivity contribution in [3.05, 3.63) is 89.7 Å². The van der Waals surface area contributed by atoms with Crippen molar-refractivity contribution in [2.24, 2.45) is 0 Å². The Bertz CT molecular complexity index is 1050. The van der Waals surface area contributed by atoms with Gasteiger partial charge in [0.05, 0.1) is 12.0 Å². The molecule has 0 bridgehead atoms. The maximum absolute atomic E-state index is 12.5. The maximum Gasteiger partial charge on any atom is 0.335 e. The van der Waals surface area contributed by atoms with Crippen molar-refractivity contribution in [1.82, 2.24) is 10.3 Å². The van der Waals surface area contributed by atoms with Crippen LogP contribution in [-0.2, 0) is 11.2 Å². The first-order valence-electron chi connectivity index (χ1n) is 9.29. The van der Waals surface area contributed by atoms with E-state index in [1.165, 1.54) is 12.3 Å². The quantitative estimate of drug-likeness (QED) is 0.531. The molecule has 1 atom stereocenters. The molecule has 0 aliphatic carbocycles. The predicted octanol–water partition coefficient (Wildman–Crippen LogP) is 3.26. The molecule has 7 nitrogen and oxygen atoms in total. The molecule has 1 aromatic heterocycles. The molecule has 30 heavy (non-hydrogen) atoms. The van der Waals surface area contributed by atoms with E-state index in [0.29, 0.717) is 6.42 Å². The number of aliphatic carboxylic acids is 1. The van der Waals surface area contributed by atoms with E-state index in [4.69, 9.17) is 5.11 Å². The van der Waals surface area contributed by atoms with Crippen LogP contribution in [0.4, 0.5) is 0 Å². The zero-order valence-corrected chi connectivity index (χ0v) is 16.0. The molecule has 1 heterocycles. The fourth-order valence-corrected chi connectivity index (χ4v) is 3.08. The van der Waals surface area contributed by atoms with Gasteiger partial charge >= 0.3 is 11.9 Å². The second-order valence-corrected chi connectivity index (χ2v) is 6.77. The highest BCUT2D eigenvalue weighted by molar-refractivity contribution is 5.96. The Labute approximate surface area is 173 Å². The molecule has 0 aliphatic heterocycles. The lowest BCUT2D eigenvalue weighted by Crippen LogP contribution is -2.38. The van der Waals surface area contributed by atoms with E-state index in [-0.39, 0.29) is 17.7 Å². The molecular formula is C23H20N2O5. The van der Waals surface area contributed by atoms with Crippen LogP contribution >= 0.6 is 0 Å². The normalized spacial score (nSPS) is 11.5. The van der Waals surface area contributed by atoms with Crippen molar-refractivity contribution in [3.63, 3.8) is 0 Å². The maximum atomic E-state index is 12.5.